The minimum Gasteiger partial charge on any atom is -0.313 e. The number of hydrogen-bond donors (Lipinski definition) is 1. The van der Waals surface area contributed by atoms with Crippen molar-refractivity contribution < 1.29 is 0 Å². The van der Waals surface area contributed by atoms with Crippen LogP contribution >= 0.6 is 0 Å². The second-order valence-corrected chi connectivity index (χ2v) is 6.22. The second kappa shape index (κ2) is 6.19. The van der Waals surface area contributed by atoms with Gasteiger partial charge in [0.15, 0.2) is 0 Å². The van der Waals surface area contributed by atoms with Crippen LogP contribution in [0.3, 0.4) is 0 Å². The van der Waals surface area contributed by atoms with Crippen molar-refractivity contribution in [2.45, 2.75) is 65.0 Å². The minimum atomic E-state index is 0.734. The smallest absolute Gasteiger partial charge is 0.0198 e. The molecule has 0 spiro atoms. The molecule has 1 aliphatic heterocycles. The van der Waals surface area contributed by atoms with E-state index in [0.717, 1.165) is 30.5 Å². The highest BCUT2D eigenvalue weighted by atomic mass is 15.2. The molecule has 2 aliphatic rings. The van der Waals surface area contributed by atoms with Gasteiger partial charge in [-0.2, -0.15) is 0 Å². The van der Waals surface area contributed by atoms with Crippen LogP contribution in [0.25, 0.3) is 0 Å². The van der Waals surface area contributed by atoms with Gasteiger partial charge in [0.25, 0.3) is 0 Å². The fourth-order valence-corrected chi connectivity index (χ4v) is 3.81. The number of nitrogens with one attached hydrogen (secondary N) is 1. The largest absolute Gasteiger partial charge is 0.313 e. The number of likely N-dealkylation sites (tertiary alicyclic amines) is 1. The molecule has 2 heteroatoms. The average Bonchev–Trinajstić information content (AvgIpc) is 2.22. The van der Waals surface area contributed by atoms with Crippen molar-refractivity contribution >= 4 is 0 Å². The topological polar surface area (TPSA) is 15.3 Å². The normalized spacial score (nSPS) is 33.4. The average molecular weight is 238 g/mol. The molecule has 2 fully saturated rings. The second-order valence-electron chi connectivity index (χ2n) is 6.22. The van der Waals surface area contributed by atoms with Gasteiger partial charge in [-0.1, -0.05) is 27.2 Å². The van der Waals surface area contributed by atoms with E-state index in [1.54, 1.807) is 0 Å². The third-order valence-electron chi connectivity index (χ3n) is 4.76. The summed E-state index contributed by atoms with van der Waals surface area (Å²) in [7, 11) is 0. The Morgan fingerprint density at radius 3 is 2.53 bits per heavy atom. The van der Waals surface area contributed by atoms with Crippen LogP contribution in [0.15, 0.2) is 0 Å². The summed E-state index contributed by atoms with van der Waals surface area (Å²) in [6.07, 6.45) is 7.15. The summed E-state index contributed by atoms with van der Waals surface area (Å²) in [5.74, 6) is 1.87. The summed E-state index contributed by atoms with van der Waals surface area (Å²) in [6.45, 7) is 10.8. The van der Waals surface area contributed by atoms with Crippen LogP contribution < -0.4 is 5.32 Å². The Balaban J connectivity index is 1.92. The zero-order valence-electron chi connectivity index (χ0n) is 11.9. The highest BCUT2D eigenvalue weighted by molar-refractivity contribution is 4.90. The zero-order valence-corrected chi connectivity index (χ0v) is 11.9. The Bertz CT molecular complexity index is 225. The fraction of sp³-hybridized carbons (Fsp3) is 1.00. The van der Waals surface area contributed by atoms with Gasteiger partial charge in [0.05, 0.1) is 0 Å². The van der Waals surface area contributed by atoms with Crippen LogP contribution in [0.4, 0.5) is 0 Å². The lowest BCUT2D eigenvalue weighted by Crippen LogP contribution is -2.54. The SMILES string of the molecule is CCNC1CC(C)CN(C(CC)C2CCC2)C1. The van der Waals surface area contributed by atoms with Gasteiger partial charge in [0.2, 0.25) is 0 Å². The third kappa shape index (κ3) is 3.23. The van der Waals surface area contributed by atoms with E-state index in [4.69, 9.17) is 0 Å². The molecule has 1 aliphatic carbocycles. The van der Waals surface area contributed by atoms with Crippen LogP contribution in [-0.2, 0) is 0 Å². The summed E-state index contributed by atoms with van der Waals surface area (Å²) >= 11 is 0. The van der Waals surface area contributed by atoms with Crippen molar-refractivity contribution in [3.8, 4) is 0 Å². The number of hydrogen-bond acceptors (Lipinski definition) is 2. The molecule has 1 heterocycles. The first kappa shape index (κ1) is 13.4. The molecule has 3 atom stereocenters. The van der Waals surface area contributed by atoms with E-state index >= 15 is 0 Å². The fourth-order valence-electron chi connectivity index (χ4n) is 3.81. The van der Waals surface area contributed by atoms with Crippen molar-refractivity contribution in [2.24, 2.45) is 11.8 Å². The summed E-state index contributed by atoms with van der Waals surface area (Å²) in [6, 6.07) is 1.60. The molecule has 100 valence electrons. The quantitative estimate of drug-likeness (QED) is 0.792. The van der Waals surface area contributed by atoms with Crippen molar-refractivity contribution in [1.29, 1.82) is 0 Å². The van der Waals surface area contributed by atoms with Crippen molar-refractivity contribution in [1.82, 2.24) is 10.2 Å². The van der Waals surface area contributed by atoms with Crippen LogP contribution in [0, 0.1) is 11.8 Å². The number of likely N-dealkylation sites (N-methyl/N-ethyl adjacent to an activating group) is 1. The molecule has 1 saturated carbocycles. The molecule has 2 rings (SSSR count). The predicted octanol–water partition coefficient (Wildman–Crippen LogP) is 2.89. The molecule has 0 bridgehead atoms. The number of rotatable bonds is 5. The van der Waals surface area contributed by atoms with Gasteiger partial charge in [0.1, 0.15) is 0 Å². The zero-order chi connectivity index (χ0) is 12.3. The standard InChI is InChI=1S/C15H30N2/c1-4-15(13-7-6-8-13)17-10-12(3)9-14(11-17)16-5-2/h12-16H,4-11H2,1-3H3. The molecule has 0 aromatic carbocycles. The molecule has 2 nitrogen and oxygen atoms in total. The lowest BCUT2D eigenvalue weighted by Gasteiger charge is -2.46. The van der Waals surface area contributed by atoms with Crippen molar-refractivity contribution in [3.05, 3.63) is 0 Å². The highest BCUT2D eigenvalue weighted by Crippen LogP contribution is 2.35. The van der Waals surface area contributed by atoms with Gasteiger partial charge in [-0.25, -0.2) is 0 Å². The van der Waals surface area contributed by atoms with E-state index in [1.807, 2.05) is 0 Å². The highest BCUT2D eigenvalue weighted by Gasteiger charge is 2.34. The van der Waals surface area contributed by atoms with E-state index in [2.05, 4.69) is 31.0 Å². The van der Waals surface area contributed by atoms with Crippen molar-refractivity contribution in [2.75, 3.05) is 19.6 Å². The molecule has 0 amide bonds. The first-order valence-corrected chi connectivity index (χ1v) is 7.72. The van der Waals surface area contributed by atoms with E-state index in [9.17, 15) is 0 Å². The summed E-state index contributed by atoms with van der Waals surface area (Å²) in [5, 5.41) is 3.66. The van der Waals surface area contributed by atoms with E-state index < -0.39 is 0 Å². The maximum atomic E-state index is 3.66. The molecule has 0 radical (unpaired) electrons. The van der Waals surface area contributed by atoms with Crippen molar-refractivity contribution in [3.63, 3.8) is 0 Å². The Labute approximate surface area is 107 Å². The van der Waals surface area contributed by atoms with Gasteiger partial charge in [0, 0.05) is 25.2 Å². The van der Waals surface area contributed by atoms with Crippen LogP contribution in [0.1, 0.15) is 52.9 Å². The minimum absolute atomic E-state index is 0.734. The van der Waals surface area contributed by atoms with Gasteiger partial charge >= 0.3 is 0 Å². The molecule has 1 N–H and O–H groups in total. The van der Waals surface area contributed by atoms with E-state index in [1.165, 1.54) is 45.2 Å². The summed E-state index contributed by atoms with van der Waals surface area (Å²) in [4.78, 5) is 2.80. The van der Waals surface area contributed by atoms with Crippen LogP contribution in [0.5, 0.6) is 0 Å². The molecular formula is C15H30N2. The lowest BCUT2D eigenvalue weighted by atomic mass is 9.77. The number of nitrogens with zero attached hydrogens (tertiary/aromatic N) is 1. The van der Waals surface area contributed by atoms with Gasteiger partial charge in [-0.15, -0.1) is 0 Å². The first-order chi connectivity index (χ1) is 8.24. The Morgan fingerprint density at radius 2 is 2.00 bits per heavy atom. The Hall–Kier alpha value is -0.0800. The van der Waals surface area contributed by atoms with Crippen LogP contribution in [0.2, 0.25) is 0 Å². The van der Waals surface area contributed by atoms with E-state index in [0.29, 0.717) is 0 Å². The number of piperidine rings is 1. The molecular weight excluding hydrogens is 208 g/mol. The molecule has 3 unspecified atom stereocenters. The molecule has 17 heavy (non-hydrogen) atoms. The Morgan fingerprint density at radius 1 is 1.24 bits per heavy atom. The maximum Gasteiger partial charge on any atom is 0.0198 e. The van der Waals surface area contributed by atoms with E-state index in [-0.39, 0.29) is 0 Å². The van der Waals surface area contributed by atoms with Gasteiger partial charge < -0.3 is 5.32 Å². The van der Waals surface area contributed by atoms with Gasteiger partial charge in [-0.05, 0) is 44.1 Å². The molecule has 0 aromatic rings. The Kier molecular flexibility index (Phi) is 4.87. The summed E-state index contributed by atoms with van der Waals surface area (Å²) < 4.78 is 0. The lowest BCUT2D eigenvalue weighted by molar-refractivity contribution is 0.0443. The maximum absolute atomic E-state index is 3.66. The summed E-state index contributed by atoms with van der Waals surface area (Å²) in [5.41, 5.74) is 0. The molecule has 0 aromatic heterocycles. The monoisotopic (exact) mass is 238 g/mol. The van der Waals surface area contributed by atoms with Gasteiger partial charge in [-0.3, -0.25) is 4.90 Å². The van der Waals surface area contributed by atoms with Crippen LogP contribution in [-0.4, -0.2) is 36.6 Å². The predicted molar refractivity (Wildman–Crippen MR) is 74.2 cm³/mol. The third-order valence-corrected chi connectivity index (χ3v) is 4.76. The molecule has 1 saturated heterocycles. The first-order valence-electron chi connectivity index (χ1n) is 7.72.